The number of nitrogens with zero attached hydrogens (tertiary/aromatic N) is 2. The number of rotatable bonds is 6. The van der Waals surface area contributed by atoms with Crippen LogP contribution in [0.1, 0.15) is 45.1 Å². The van der Waals surface area contributed by atoms with Gasteiger partial charge in [0.05, 0.1) is 24.0 Å². The number of carbonyl (C=O) groups is 1. The molecule has 0 aromatic heterocycles. The molecule has 8 nitrogen and oxygen atoms in total. The molecule has 1 aliphatic heterocycles. The smallest absolute Gasteiger partial charge is 0.330 e. The van der Waals surface area contributed by atoms with Crippen LogP contribution in [0.4, 0.5) is 8.78 Å². The number of hydroxylamine groups is 2. The zero-order valence-corrected chi connectivity index (χ0v) is 16.5. The SMILES string of the molecule is CC(C)(C)C(=O)ON1C[C@@H]([N+](=O)[O-])[C@H](c2ccc(F)c(F)c2)C[C@H]1C[C@H](O)CO. The Balaban J connectivity index is 2.36. The molecule has 4 atom stereocenters. The molecular weight excluding hydrogens is 390 g/mol. The van der Waals surface area contributed by atoms with E-state index in [1.807, 2.05) is 0 Å². The molecule has 0 saturated carbocycles. The van der Waals surface area contributed by atoms with E-state index in [0.29, 0.717) is 0 Å². The number of aliphatic hydroxyl groups is 2. The first-order chi connectivity index (χ1) is 13.4. The highest BCUT2D eigenvalue weighted by atomic mass is 19.2. The lowest BCUT2D eigenvalue weighted by Gasteiger charge is -2.40. The Morgan fingerprint density at radius 2 is 2.03 bits per heavy atom. The van der Waals surface area contributed by atoms with Crippen LogP contribution in [0.2, 0.25) is 0 Å². The third kappa shape index (κ3) is 5.68. The number of hydrogen-bond donors (Lipinski definition) is 2. The first kappa shape index (κ1) is 23.1. The highest BCUT2D eigenvalue weighted by Gasteiger charge is 2.46. The van der Waals surface area contributed by atoms with Crippen LogP contribution in [0.3, 0.4) is 0 Å². The molecule has 0 spiro atoms. The Morgan fingerprint density at radius 1 is 1.38 bits per heavy atom. The van der Waals surface area contributed by atoms with E-state index in [1.54, 1.807) is 20.8 Å². The summed E-state index contributed by atoms with van der Waals surface area (Å²) in [6.45, 7) is 4.07. The normalized spacial score (nSPS) is 24.2. The first-order valence-electron chi connectivity index (χ1n) is 9.30. The fourth-order valence-electron chi connectivity index (χ4n) is 3.30. The highest BCUT2D eigenvalue weighted by Crippen LogP contribution is 2.36. The molecule has 0 radical (unpaired) electrons. The molecule has 29 heavy (non-hydrogen) atoms. The van der Waals surface area contributed by atoms with Crippen molar-refractivity contribution in [2.45, 2.75) is 57.7 Å². The van der Waals surface area contributed by atoms with Gasteiger partial charge in [0.2, 0.25) is 6.04 Å². The van der Waals surface area contributed by atoms with E-state index < -0.39 is 58.7 Å². The van der Waals surface area contributed by atoms with E-state index in [1.165, 1.54) is 6.07 Å². The molecular formula is C19H26F2N2O6. The van der Waals surface area contributed by atoms with Crippen LogP contribution in [-0.4, -0.2) is 57.5 Å². The Bertz CT molecular complexity index is 755. The Labute approximate surface area is 167 Å². The van der Waals surface area contributed by atoms with Gasteiger partial charge in [0.15, 0.2) is 11.6 Å². The molecule has 162 valence electrons. The lowest BCUT2D eigenvalue weighted by atomic mass is 9.81. The van der Waals surface area contributed by atoms with Crippen molar-refractivity contribution in [3.8, 4) is 0 Å². The molecule has 2 N–H and O–H groups in total. The van der Waals surface area contributed by atoms with Crippen LogP contribution in [0.5, 0.6) is 0 Å². The largest absolute Gasteiger partial charge is 0.394 e. The third-order valence-electron chi connectivity index (χ3n) is 4.97. The van der Waals surface area contributed by atoms with Crippen LogP contribution in [0.15, 0.2) is 18.2 Å². The van der Waals surface area contributed by atoms with Gasteiger partial charge in [0.25, 0.3) is 0 Å². The first-order valence-corrected chi connectivity index (χ1v) is 9.30. The van der Waals surface area contributed by atoms with Gasteiger partial charge in [-0.3, -0.25) is 10.1 Å². The molecule has 1 fully saturated rings. The maximum absolute atomic E-state index is 13.7. The fourth-order valence-corrected chi connectivity index (χ4v) is 3.30. The van der Waals surface area contributed by atoms with E-state index in [-0.39, 0.29) is 24.9 Å². The number of aliphatic hydroxyl groups excluding tert-OH is 2. The van der Waals surface area contributed by atoms with Crippen LogP contribution in [0, 0.1) is 27.2 Å². The lowest BCUT2D eigenvalue weighted by molar-refractivity contribution is -0.536. The number of piperidine rings is 1. The van der Waals surface area contributed by atoms with E-state index >= 15 is 0 Å². The second-order valence-electron chi connectivity index (χ2n) is 8.32. The van der Waals surface area contributed by atoms with Crippen molar-refractivity contribution < 1.29 is 33.5 Å². The van der Waals surface area contributed by atoms with Crippen LogP contribution in [0.25, 0.3) is 0 Å². The second kappa shape index (κ2) is 9.10. The summed E-state index contributed by atoms with van der Waals surface area (Å²) < 4.78 is 27.0. The predicted octanol–water partition coefficient (Wildman–Crippen LogP) is 2.02. The summed E-state index contributed by atoms with van der Waals surface area (Å²) in [5, 5.41) is 31.9. The minimum absolute atomic E-state index is 0.0153. The second-order valence-corrected chi connectivity index (χ2v) is 8.32. The summed E-state index contributed by atoms with van der Waals surface area (Å²) in [6, 6.07) is 1.22. The summed E-state index contributed by atoms with van der Waals surface area (Å²) in [7, 11) is 0. The minimum atomic E-state index is -1.24. The van der Waals surface area contributed by atoms with Crippen molar-refractivity contribution >= 4 is 5.97 Å². The lowest BCUT2D eigenvalue weighted by Crippen LogP contribution is -2.54. The van der Waals surface area contributed by atoms with E-state index in [2.05, 4.69) is 0 Å². The molecule has 1 heterocycles. The van der Waals surface area contributed by atoms with Crippen molar-refractivity contribution in [1.29, 1.82) is 0 Å². The zero-order chi connectivity index (χ0) is 21.9. The third-order valence-corrected chi connectivity index (χ3v) is 4.97. The van der Waals surface area contributed by atoms with E-state index in [4.69, 9.17) is 4.84 Å². The molecule has 1 aromatic carbocycles. The minimum Gasteiger partial charge on any atom is -0.394 e. The maximum atomic E-state index is 13.7. The van der Waals surface area contributed by atoms with E-state index in [9.17, 15) is 33.9 Å². The van der Waals surface area contributed by atoms with Gasteiger partial charge in [-0.1, -0.05) is 6.07 Å². The predicted molar refractivity (Wildman–Crippen MR) is 98.2 cm³/mol. The highest BCUT2D eigenvalue weighted by molar-refractivity contribution is 5.75. The molecule has 0 amide bonds. The Kier molecular flexibility index (Phi) is 7.25. The molecule has 2 rings (SSSR count). The van der Waals surface area contributed by atoms with Crippen molar-refractivity contribution in [3.05, 3.63) is 45.5 Å². The number of benzene rings is 1. The average Bonchev–Trinajstić information content (AvgIpc) is 2.63. The van der Waals surface area contributed by atoms with Crippen molar-refractivity contribution in [2.75, 3.05) is 13.2 Å². The molecule has 10 heteroatoms. The topological polar surface area (TPSA) is 113 Å². The number of halogens is 2. The van der Waals surface area contributed by atoms with Crippen LogP contribution in [-0.2, 0) is 9.63 Å². The number of carbonyl (C=O) groups excluding carboxylic acids is 1. The summed E-state index contributed by atoms with van der Waals surface area (Å²) >= 11 is 0. The van der Waals surface area contributed by atoms with Gasteiger partial charge in [-0.05, 0) is 51.3 Å². The Hall–Kier alpha value is -2.17. The monoisotopic (exact) mass is 416 g/mol. The average molecular weight is 416 g/mol. The molecule has 0 aliphatic carbocycles. The molecule has 1 aliphatic rings. The van der Waals surface area contributed by atoms with E-state index in [0.717, 1.165) is 17.2 Å². The van der Waals surface area contributed by atoms with Crippen molar-refractivity contribution in [3.63, 3.8) is 0 Å². The summed E-state index contributed by atoms with van der Waals surface area (Å²) in [5.74, 6) is -3.57. The van der Waals surface area contributed by atoms with Crippen LogP contribution >= 0.6 is 0 Å². The number of hydrogen-bond acceptors (Lipinski definition) is 7. The molecule has 1 saturated heterocycles. The molecule has 1 aromatic rings. The van der Waals surface area contributed by atoms with Gasteiger partial charge in [-0.25, -0.2) is 13.6 Å². The molecule has 0 bridgehead atoms. The van der Waals surface area contributed by atoms with Gasteiger partial charge in [-0.15, -0.1) is 5.06 Å². The number of nitro groups is 1. The summed E-state index contributed by atoms with van der Waals surface area (Å²) in [5.41, 5.74) is -0.614. The van der Waals surface area contributed by atoms with Gasteiger partial charge in [0.1, 0.15) is 6.54 Å². The quantitative estimate of drug-likeness (QED) is 0.539. The zero-order valence-electron chi connectivity index (χ0n) is 16.5. The maximum Gasteiger partial charge on any atom is 0.330 e. The molecule has 0 unspecified atom stereocenters. The fraction of sp³-hybridized carbons (Fsp3) is 0.632. The van der Waals surface area contributed by atoms with Gasteiger partial charge < -0.3 is 15.1 Å². The van der Waals surface area contributed by atoms with Crippen molar-refractivity contribution in [2.24, 2.45) is 5.41 Å². The van der Waals surface area contributed by atoms with Crippen LogP contribution < -0.4 is 0 Å². The summed E-state index contributed by atoms with van der Waals surface area (Å²) in [6.07, 6.45) is -1.10. The van der Waals surface area contributed by atoms with Gasteiger partial charge >= 0.3 is 5.97 Å². The standard InChI is InChI=1S/C19H26F2N2O6/c1-19(2,3)18(26)29-22-9-17(23(27)28)14(8-12(22)7-13(25)10-24)11-4-5-15(20)16(21)6-11/h4-6,12-14,17,24-25H,7-10H2,1-3H3/t12-,13+,14+,17-/m1/s1. The Morgan fingerprint density at radius 3 is 2.55 bits per heavy atom. The summed E-state index contributed by atoms with van der Waals surface area (Å²) in [4.78, 5) is 28.8. The van der Waals surface area contributed by atoms with Gasteiger partial charge in [0, 0.05) is 11.0 Å². The van der Waals surface area contributed by atoms with Crippen molar-refractivity contribution in [1.82, 2.24) is 5.06 Å². The van der Waals surface area contributed by atoms with Gasteiger partial charge in [-0.2, -0.15) is 0 Å².